The molecule has 0 amide bonds. The van der Waals surface area contributed by atoms with E-state index in [1.165, 1.54) is 0 Å². The zero-order valence-corrected chi connectivity index (χ0v) is 7.22. The van der Waals surface area contributed by atoms with Crippen LogP contribution in [-0.4, -0.2) is 25.7 Å². The molecule has 0 aliphatic carbocycles. The fourth-order valence-electron chi connectivity index (χ4n) is 1.32. The fourth-order valence-corrected chi connectivity index (χ4v) is 1.32. The minimum absolute atomic E-state index is 0.266. The largest absolute Gasteiger partial charge is 0.465 e. The van der Waals surface area contributed by atoms with E-state index >= 15 is 0 Å². The van der Waals surface area contributed by atoms with Gasteiger partial charge in [-0.05, 0) is 19.9 Å². The van der Waals surface area contributed by atoms with Crippen molar-refractivity contribution in [2.24, 2.45) is 5.41 Å². The van der Waals surface area contributed by atoms with Crippen molar-refractivity contribution in [1.82, 2.24) is 5.32 Å². The summed E-state index contributed by atoms with van der Waals surface area (Å²) in [6.07, 6.45) is 5.99. The maximum Gasteiger partial charge on any atom is 0.325 e. The van der Waals surface area contributed by atoms with Crippen LogP contribution in [0.25, 0.3) is 0 Å². The first-order chi connectivity index (χ1) is 5.75. The summed E-state index contributed by atoms with van der Waals surface area (Å²) in [7, 11) is 0. The zero-order valence-electron chi connectivity index (χ0n) is 7.22. The van der Waals surface area contributed by atoms with Crippen molar-refractivity contribution in [2.75, 3.05) is 19.7 Å². The van der Waals surface area contributed by atoms with Crippen LogP contribution in [-0.2, 0) is 9.53 Å². The van der Waals surface area contributed by atoms with Crippen LogP contribution in [0.2, 0.25) is 0 Å². The first-order valence-electron chi connectivity index (χ1n) is 4.11. The Morgan fingerprint density at radius 2 is 2.58 bits per heavy atom. The second kappa shape index (κ2) is 3.59. The number of carbonyl (C=O) groups excluding carboxylic acids is 1. The third-order valence-electron chi connectivity index (χ3n) is 2.10. The molecule has 1 atom stereocenters. The van der Waals surface area contributed by atoms with Gasteiger partial charge in [0.1, 0.15) is 5.41 Å². The maximum absolute atomic E-state index is 11.4. The summed E-state index contributed by atoms with van der Waals surface area (Å²) in [5.41, 5.74) is -0.698. The van der Waals surface area contributed by atoms with Gasteiger partial charge in [0.2, 0.25) is 0 Å². The van der Waals surface area contributed by atoms with Crippen molar-refractivity contribution in [3.05, 3.63) is 0 Å². The highest BCUT2D eigenvalue weighted by Gasteiger charge is 2.40. The molecule has 0 spiro atoms. The second-order valence-electron chi connectivity index (χ2n) is 2.87. The number of carbonyl (C=O) groups is 1. The smallest absolute Gasteiger partial charge is 0.325 e. The normalized spacial score (nSPS) is 28.0. The van der Waals surface area contributed by atoms with Crippen LogP contribution in [0.4, 0.5) is 0 Å². The Labute approximate surface area is 72.5 Å². The van der Waals surface area contributed by atoms with Crippen LogP contribution in [0.5, 0.6) is 0 Å². The molecule has 3 heteroatoms. The minimum atomic E-state index is -0.698. The van der Waals surface area contributed by atoms with Gasteiger partial charge in [-0.3, -0.25) is 4.79 Å². The van der Waals surface area contributed by atoms with Gasteiger partial charge in [0.25, 0.3) is 0 Å². The number of rotatable bonds is 2. The third-order valence-corrected chi connectivity index (χ3v) is 2.10. The summed E-state index contributed by atoms with van der Waals surface area (Å²) in [5.74, 6) is 2.26. The van der Waals surface area contributed by atoms with Crippen LogP contribution in [0.3, 0.4) is 0 Å². The zero-order chi connectivity index (χ0) is 9.03. The molecule has 0 aromatic heterocycles. The molecular weight excluding hydrogens is 154 g/mol. The molecule has 12 heavy (non-hydrogen) atoms. The SMILES string of the molecule is C#CC1(C(=O)OCC)CCNC1. The Balaban J connectivity index is 2.67. The van der Waals surface area contributed by atoms with Crippen molar-refractivity contribution in [3.8, 4) is 12.3 Å². The lowest BCUT2D eigenvalue weighted by molar-refractivity contribution is -0.150. The van der Waals surface area contributed by atoms with Crippen molar-refractivity contribution >= 4 is 5.97 Å². The van der Waals surface area contributed by atoms with E-state index < -0.39 is 5.41 Å². The van der Waals surface area contributed by atoms with Crippen LogP contribution in [0.15, 0.2) is 0 Å². The number of esters is 1. The molecule has 1 rings (SSSR count). The summed E-state index contributed by atoms with van der Waals surface area (Å²) in [6.45, 7) is 3.51. The summed E-state index contributed by atoms with van der Waals surface area (Å²) in [5, 5.41) is 3.06. The number of ether oxygens (including phenoxy) is 1. The van der Waals surface area contributed by atoms with Gasteiger partial charge in [-0.1, -0.05) is 5.92 Å². The lowest BCUT2D eigenvalue weighted by atomic mass is 9.88. The summed E-state index contributed by atoms with van der Waals surface area (Å²) in [4.78, 5) is 11.4. The quantitative estimate of drug-likeness (QED) is 0.470. The van der Waals surface area contributed by atoms with Crippen molar-refractivity contribution in [2.45, 2.75) is 13.3 Å². The number of terminal acetylenes is 1. The van der Waals surface area contributed by atoms with Crippen molar-refractivity contribution in [3.63, 3.8) is 0 Å². The molecule has 66 valence electrons. The van der Waals surface area contributed by atoms with Gasteiger partial charge in [-0.25, -0.2) is 0 Å². The van der Waals surface area contributed by atoms with E-state index in [9.17, 15) is 4.79 Å². The monoisotopic (exact) mass is 167 g/mol. The first kappa shape index (κ1) is 9.08. The molecule has 0 saturated carbocycles. The van der Waals surface area contributed by atoms with Crippen molar-refractivity contribution < 1.29 is 9.53 Å². The standard InChI is InChI=1S/C9H13NO2/c1-3-9(5-6-10-7-9)8(11)12-4-2/h1,10H,4-7H2,2H3. The predicted molar refractivity (Wildman–Crippen MR) is 45.4 cm³/mol. The van der Waals surface area contributed by atoms with Gasteiger partial charge in [0.05, 0.1) is 6.61 Å². The molecule has 1 saturated heterocycles. The van der Waals surface area contributed by atoms with E-state index in [1.807, 2.05) is 0 Å². The average molecular weight is 167 g/mol. The van der Waals surface area contributed by atoms with E-state index in [-0.39, 0.29) is 5.97 Å². The van der Waals surface area contributed by atoms with Gasteiger partial charge < -0.3 is 10.1 Å². The number of hydrogen-bond donors (Lipinski definition) is 1. The molecule has 0 aromatic rings. The molecule has 1 aliphatic heterocycles. The summed E-state index contributed by atoms with van der Waals surface area (Å²) < 4.78 is 4.90. The molecular formula is C9H13NO2. The summed E-state index contributed by atoms with van der Waals surface area (Å²) in [6, 6.07) is 0. The van der Waals surface area contributed by atoms with E-state index in [1.54, 1.807) is 6.92 Å². The molecule has 1 aliphatic rings. The predicted octanol–water partition coefficient (Wildman–Crippen LogP) is 0.162. The third kappa shape index (κ3) is 1.44. The lowest BCUT2D eigenvalue weighted by Gasteiger charge is -2.18. The highest BCUT2D eigenvalue weighted by molar-refractivity contribution is 5.81. The molecule has 0 bridgehead atoms. The topological polar surface area (TPSA) is 38.3 Å². The van der Waals surface area contributed by atoms with Gasteiger partial charge >= 0.3 is 5.97 Å². The molecule has 1 fully saturated rings. The Hall–Kier alpha value is -1.01. The number of nitrogens with one attached hydrogen (secondary N) is 1. The van der Waals surface area contributed by atoms with Gasteiger partial charge in [-0.2, -0.15) is 0 Å². The Morgan fingerprint density at radius 1 is 1.83 bits per heavy atom. The van der Waals surface area contributed by atoms with E-state index in [0.717, 1.165) is 6.54 Å². The maximum atomic E-state index is 11.4. The molecule has 0 aromatic carbocycles. The van der Waals surface area contributed by atoms with Crippen LogP contribution in [0.1, 0.15) is 13.3 Å². The van der Waals surface area contributed by atoms with Crippen LogP contribution in [0, 0.1) is 17.8 Å². The lowest BCUT2D eigenvalue weighted by Crippen LogP contribution is -2.33. The first-order valence-corrected chi connectivity index (χ1v) is 4.11. The van der Waals surface area contributed by atoms with Gasteiger partial charge in [0.15, 0.2) is 0 Å². The Bertz CT molecular complexity index is 211. The molecule has 1 N–H and O–H groups in total. The average Bonchev–Trinajstić information content (AvgIpc) is 2.54. The van der Waals surface area contributed by atoms with Crippen molar-refractivity contribution in [1.29, 1.82) is 0 Å². The number of hydrogen-bond acceptors (Lipinski definition) is 3. The van der Waals surface area contributed by atoms with Gasteiger partial charge in [0, 0.05) is 6.54 Å². The summed E-state index contributed by atoms with van der Waals surface area (Å²) >= 11 is 0. The van der Waals surface area contributed by atoms with E-state index in [0.29, 0.717) is 19.6 Å². The molecule has 1 unspecified atom stereocenters. The Kier molecular flexibility index (Phi) is 2.72. The highest BCUT2D eigenvalue weighted by atomic mass is 16.5. The minimum Gasteiger partial charge on any atom is -0.465 e. The van der Waals surface area contributed by atoms with E-state index in [4.69, 9.17) is 11.2 Å². The molecule has 3 nitrogen and oxygen atoms in total. The second-order valence-corrected chi connectivity index (χ2v) is 2.87. The highest BCUT2D eigenvalue weighted by Crippen LogP contribution is 2.25. The van der Waals surface area contributed by atoms with Gasteiger partial charge in [-0.15, -0.1) is 6.42 Å². The molecule has 0 radical (unpaired) electrons. The van der Waals surface area contributed by atoms with E-state index in [2.05, 4.69) is 11.2 Å². The Morgan fingerprint density at radius 3 is 3.00 bits per heavy atom. The fraction of sp³-hybridized carbons (Fsp3) is 0.667. The van der Waals surface area contributed by atoms with Crippen LogP contribution >= 0.6 is 0 Å². The molecule has 1 heterocycles. The van der Waals surface area contributed by atoms with Crippen LogP contribution < -0.4 is 5.32 Å².